The van der Waals surface area contributed by atoms with Crippen LogP contribution in [0.15, 0.2) is 34.1 Å². The van der Waals surface area contributed by atoms with Crippen LogP contribution in [0, 0.1) is 36.5 Å². The second-order valence-corrected chi connectivity index (χ2v) is 11.2. The molecule has 0 unspecified atom stereocenters. The fraction of sp³-hybridized carbons (Fsp3) is 0.455. The molecule has 1 saturated heterocycles. The second kappa shape index (κ2) is 6.56. The van der Waals surface area contributed by atoms with Crippen molar-refractivity contribution in [1.29, 1.82) is 0 Å². The van der Waals surface area contributed by atoms with Gasteiger partial charge in [-0.3, -0.25) is 24.1 Å². The number of imide groups is 1. The van der Waals surface area contributed by atoms with E-state index in [1.807, 2.05) is 12.1 Å². The molecule has 1 aromatic carbocycles. The molecule has 4 aliphatic rings. The summed E-state index contributed by atoms with van der Waals surface area (Å²) < 4.78 is 0. The van der Waals surface area contributed by atoms with Gasteiger partial charge in [0.1, 0.15) is 6.54 Å². The first-order valence-corrected chi connectivity index (χ1v) is 12.1. The Morgan fingerprint density at radius 3 is 2.58 bits per heavy atom. The normalized spacial score (nSPS) is 35.3. The molecule has 7 nitrogen and oxygen atoms in total. The van der Waals surface area contributed by atoms with E-state index in [4.69, 9.17) is 0 Å². The third kappa shape index (κ3) is 2.53. The van der Waals surface area contributed by atoms with Gasteiger partial charge in [-0.15, -0.1) is 11.8 Å². The molecule has 31 heavy (non-hydrogen) atoms. The van der Waals surface area contributed by atoms with E-state index in [1.165, 1.54) is 11.3 Å². The number of likely N-dealkylation sites (tertiary alicyclic amines) is 1. The zero-order valence-electron chi connectivity index (χ0n) is 16.6. The zero-order valence-corrected chi connectivity index (χ0v) is 18.2. The van der Waals surface area contributed by atoms with Crippen molar-refractivity contribution in [2.75, 3.05) is 6.54 Å². The van der Waals surface area contributed by atoms with E-state index in [1.54, 1.807) is 11.8 Å². The molecule has 3 heterocycles. The van der Waals surface area contributed by atoms with Crippen LogP contribution < -0.4 is 4.87 Å². The average molecular weight is 457 g/mol. The molecule has 0 spiro atoms. The zero-order chi connectivity index (χ0) is 21.6. The standard InChI is InChI=1S/C22H20N2O5S2/c1-8-4-2-3-5-9(8)13-14-10-6-11(17(14)30-19-18(13)31-22(29)23-19)16-15(10)20(27)24(21(16)28)7-12(25)26/h2-5,10-11,13-17H,6-7H2,1H3,(H,23,29)(H,25,26)/t10-,11+,13-,14+,15+,16-,17-/m1/s1. The lowest BCUT2D eigenvalue weighted by molar-refractivity contribution is -0.149. The van der Waals surface area contributed by atoms with Crippen molar-refractivity contribution in [2.45, 2.75) is 29.5 Å². The molecule has 2 saturated carbocycles. The Morgan fingerprint density at radius 1 is 1.16 bits per heavy atom. The summed E-state index contributed by atoms with van der Waals surface area (Å²) in [4.78, 5) is 54.5. The number of thioether (sulfide) groups is 1. The number of H-pyrrole nitrogens is 1. The highest BCUT2D eigenvalue weighted by atomic mass is 32.2. The summed E-state index contributed by atoms with van der Waals surface area (Å²) in [5.74, 6) is -2.54. The van der Waals surface area contributed by atoms with E-state index in [0.29, 0.717) is 0 Å². The van der Waals surface area contributed by atoms with Crippen molar-refractivity contribution in [3.05, 3.63) is 49.9 Å². The van der Waals surface area contributed by atoms with E-state index in [0.717, 1.165) is 32.4 Å². The lowest BCUT2D eigenvalue weighted by Gasteiger charge is -2.43. The predicted molar refractivity (Wildman–Crippen MR) is 114 cm³/mol. The number of nitrogens with zero attached hydrogens (tertiary/aromatic N) is 1. The molecule has 0 radical (unpaired) electrons. The van der Waals surface area contributed by atoms with E-state index < -0.39 is 24.3 Å². The first-order valence-electron chi connectivity index (χ1n) is 10.4. The van der Waals surface area contributed by atoms with Gasteiger partial charge < -0.3 is 10.1 Å². The number of nitrogens with one attached hydrogen (secondary N) is 1. The van der Waals surface area contributed by atoms with Crippen molar-refractivity contribution in [3.8, 4) is 0 Å². The largest absolute Gasteiger partial charge is 0.480 e. The maximum absolute atomic E-state index is 13.1. The van der Waals surface area contributed by atoms with Gasteiger partial charge in [-0.1, -0.05) is 35.6 Å². The molecule has 2 aliphatic heterocycles. The average Bonchev–Trinajstić information content (AvgIpc) is 3.44. The number of fused-ring (bicyclic) bond motifs is 9. The number of amides is 2. The Hall–Kier alpha value is -2.39. The molecule has 2 aromatic rings. The monoisotopic (exact) mass is 456 g/mol. The minimum Gasteiger partial charge on any atom is -0.480 e. The third-order valence-electron chi connectivity index (χ3n) is 7.63. The number of carboxylic acids is 1. The Bertz CT molecular complexity index is 1200. The summed E-state index contributed by atoms with van der Waals surface area (Å²) in [6.45, 7) is 1.50. The minimum absolute atomic E-state index is 0.00113. The van der Waals surface area contributed by atoms with Crippen LogP contribution in [0.4, 0.5) is 0 Å². The number of rotatable bonds is 3. The molecular formula is C22H20N2O5S2. The van der Waals surface area contributed by atoms with Crippen molar-refractivity contribution < 1.29 is 19.5 Å². The number of thiazole rings is 1. The van der Waals surface area contributed by atoms with Gasteiger partial charge in [0.2, 0.25) is 11.8 Å². The van der Waals surface area contributed by atoms with Crippen LogP contribution in [0.2, 0.25) is 0 Å². The molecule has 2 N–H and O–H groups in total. The molecule has 9 heteroatoms. The first kappa shape index (κ1) is 19.3. The van der Waals surface area contributed by atoms with Crippen molar-refractivity contribution in [3.63, 3.8) is 0 Å². The summed E-state index contributed by atoms with van der Waals surface area (Å²) in [6, 6.07) is 8.16. The minimum atomic E-state index is -1.17. The van der Waals surface area contributed by atoms with Gasteiger partial charge in [0, 0.05) is 16.0 Å². The van der Waals surface area contributed by atoms with Gasteiger partial charge in [-0.25, -0.2) is 0 Å². The van der Waals surface area contributed by atoms with Gasteiger partial charge in [0.05, 0.1) is 16.9 Å². The number of carbonyl (C=O) groups is 3. The molecule has 7 atom stereocenters. The number of aryl methyl sites for hydroxylation is 1. The molecule has 2 bridgehead atoms. The quantitative estimate of drug-likeness (QED) is 0.687. The summed E-state index contributed by atoms with van der Waals surface area (Å²) in [5.41, 5.74) is 2.31. The maximum Gasteiger partial charge on any atom is 0.323 e. The SMILES string of the molecule is Cc1ccccc1[C@H]1c2sc(=O)[nH]c2S[C@@H]2[C@H]3C[C@@H]([C@@H]4C(=O)N(CC(=O)O)C(=O)[C@H]34)[C@@H]12. The number of carbonyl (C=O) groups excluding carboxylic acids is 2. The molecule has 6 rings (SSSR count). The van der Waals surface area contributed by atoms with E-state index in [-0.39, 0.29) is 45.6 Å². The van der Waals surface area contributed by atoms with E-state index in [9.17, 15) is 24.3 Å². The number of carboxylic acid groups (broad SMARTS) is 1. The summed E-state index contributed by atoms with van der Waals surface area (Å²) in [7, 11) is 0. The molecule has 160 valence electrons. The smallest absolute Gasteiger partial charge is 0.323 e. The molecule has 2 aliphatic carbocycles. The van der Waals surface area contributed by atoms with Crippen molar-refractivity contribution in [2.24, 2.45) is 29.6 Å². The van der Waals surface area contributed by atoms with Crippen molar-refractivity contribution in [1.82, 2.24) is 9.88 Å². The van der Waals surface area contributed by atoms with E-state index >= 15 is 0 Å². The number of hydrogen-bond acceptors (Lipinski definition) is 6. The van der Waals surface area contributed by atoms with Crippen LogP contribution in [0.1, 0.15) is 28.3 Å². The topological polar surface area (TPSA) is 108 Å². The Morgan fingerprint density at radius 2 is 1.87 bits per heavy atom. The summed E-state index contributed by atoms with van der Waals surface area (Å²) in [6.07, 6.45) is 0.803. The van der Waals surface area contributed by atoms with Gasteiger partial charge in [0.25, 0.3) is 0 Å². The van der Waals surface area contributed by atoms with Crippen LogP contribution in [0.3, 0.4) is 0 Å². The van der Waals surface area contributed by atoms with Gasteiger partial charge in [0.15, 0.2) is 0 Å². The van der Waals surface area contributed by atoms with Crippen molar-refractivity contribution >= 4 is 40.9 Å². The number of aromatic nitrogens is 1. The van der Waals surface area contributed by atoms with Crippen LogP contribution in [-0.4, -0.2) is 44.6 Å². The maximum atomic E-state index is 13.1. The Balaban J connectivity index is 1.47. The fourth-order valence-electron chi connectivity index (χ4n) is 6.65. The second-order valence-electron chi connectivity index (χ2n) is 8.97. The third-order valence-corrected chi connectivity index (χ3v) is 10.2. The molecule has 2 amide bonds. The highest BCUT2D eigenvalue weighted by Gasteiger charge is 2.69. The molecule has 3 fully saturated rings. The lowest BCUT2D eigenvalue weighted by Crippen LogP contribution is -2.42. The Kier molecular flexibility index (Phi) is 4.08. The fourth-order valence-corrected chi connectivity index (χ4v) is 9.53. The van der Waals surface area contributed by atoms with Crippen LogP contribution in [0.25, 0.3) is 0 Å². The van der Waals surface area contributed by atoms with Crippen LogP contribution in [0.5, 0.6) is 0 Å². The van der Waals surface area contributed by atoms with Gasteiger partial charge in [-0.05, 0) is 42.2 Å². The summed E-state index contributed by atoms with van der Waals surface area (Å²) in [5, 5.41) is 10.2. The van der Waals surface area contributed by atoms with Crippen LogP contribution >= 0.6 is 23.1 Å². The highest BCUT2D eigenvalue weighted by molar-refractivity contribution is 8.00. The number of aromatic amines is 1. The first-order chi connectivity index (χ1) is 14.9. The Labute approximate surface area is 185 Å². The number of benzene rings is 1. The predicted octanol–water partition coefficient (Wildman–Crippen LogP) is 2.30. The molecule has 1 aromatic heterocycles. The van der Waals surface area contributed by atoms with Gasteiger partial charge >= 0.3 is 10.8 Å². The lowest BCUT2D eigenvalue weighted by atomic mass is 9.67. The van der Waals surface area contributed by atoms with Gasteiger partial charge in [-0.2, -0.15) is 0 Å². The number of aliphatic carboxylic acids is 1. The van der Waals surface area contributed by atoms with Crippen LogP contribution in [-0.2, 0) is 14.4 Å². The van der Waals surface area contributed by atoms with E-state index in [2.05, 4.69) is 24.0 Å². The number of hydrogen-bond donors (Lipinski definition) is 2. The molecular weight excluding hydrogens is 436 g/mol. The summed E-state index contributed by atoms with van der Waals surface area (Å²) >= 11 is 2.88. The highest BCUT2D eigenvalue weighted by Crippen LogP contribution is 2.68.